The summed E-state index contributed by atoms with van der Waals surface area (Å²) in [6, 6.07) is 6.30. The van der Waals surface area contributed by atoms with Gasteiger partial charge in [0, 0.05) is 21.3 Å². The first kappa shape index (κ1) is 16.6. The minimum Gasteiger partial charge on any atom is -0.315 e. The molecule has 0 spiro atoms. The molecule has 1 aromatic carbocycles. The molecule has 1 aromatic heterocycles. The van der Waals surface area contributed by atoms with E-state index in [9.17, 15) is 8.42 Å². The molecule has 1 heterocycles. The summed E-state index contributed by atoms with van der Waals surface area (Å²) in [5, 5.41) is 3.71. The molecule has 0 unspecified atom stereocenters. The normalized spacial score (nSPS) is 11.6. The van der Waals surface area contributed by atoms with E-state index in [4.69, 9.17) is 23.2 Å². The Labute approximate surface area is 138 Å². The van der Waals surface area contributed by atoms with Gasteiger partial charge in [-0.25, -0.2) is 8.42 Å². The summed E-state index contributed by atoms with van der Waals surface area (Å²) < 4.78 is 27.4. The fraction of sp³-hybridized carbons (Fsp3) is 0.231. The second kappa shape index (κ2) is 6.54. The number of sulfonamides is 1. The number of nitrogens with one attached hydrogen (secondary N) is 2. The minimum atomic E-state index is -3.69. The number of benzene rings is 1. The van der Waals surface area contributed by atoms with Gasteiger partial charge in [0.25, 0.3) is 10.0 Å². The zero-order valence-corrected chi connectivity index (χ0v) is 14.6. The monoisotopic (exact) mass is 364 g/mol. The van der Waals surface area contributed by atoms with Crippen molar-refractivity contribution in [2.24, 2.45) is 0 Å². The number of halogens is 2. The molecule has 8 heteroatoms. The van der Waals surface area contributed by atoms with Crippen molar-refractivity contribution in [3.63, 3.8) is 0 Å². The second-order valence-electron chi connectivity index (χ2n) is 4.39. The maximum absolute atomic E-state index is 12.5. The van der Waals surface area contributed by atoms with Crippen LogP contribution in [-0.4, -0.2) is 15.5 Å². The number of hydrogen-bond acceptors (Lipinski definition) is 4. The van der Waals surface area contributed by atoms with Gasteiger partial charge in [-0.3, -0.25) is 4.72 Å². The lowest BCUT2D eigenvalue weighted by Crippen LogP contribution is -2.13. The number of thiophene rings is 1. The Bertz CT molecular complexity index is 758. The second-order valence-corrected chi connectivity index (χ2v) is 8.23. The molecule has 0 aliphatic rings. The van der Waals surface area contributed by atoms with Gasteiger partial charge in [-0.1, -0.05) is 23.2 Å². The molecule has 2 N–H and O–H groups in total. The van der Waals surface area contributed by atoms with Gasteiger partial charge in [0.05, 0.1) is 10.7 Å². The van der Waals surface area contributed by atoms with Gasteiger partial charge in [-0.2, -0.15) is 0 Å². The van der Waals surface area contributed by atoms with Crippen molar-refractivity contribution in [2.75, 3.05) is 11.8 Å². The average molecular weight is 365 g/mol. The first-order chi connectivity index (χ1) is 9.83. The summed E-state index contributed by atoms with van der Waals surface area (Å²) in [6.07, 6.45) is 0. The third kappa shape index (κ3) is 3.90. The van der Waals surface area contributed by atoms with Crippen molar-refractivity contribution in [3.05, 3.63) is 44.1 Å². The smallest absolute Gasteiger partial charge is 0.263 e. The van der Waals surface area contributed by atoms with Crippen LogP contribution < -0.4 is 10.0 Å². The summed E-state index contributed by atoms with van der Waals surface area (Å²) in [6.45, 7) is 2.40. The van der Waals surface area contributed by atoms with E-state index in [1.54, 1.807) is 25.1 Å². The van der Waals surface area contributed by atoms with Crippen molar-refractivity contribution >= 4 is 50.2 Å². The van der Waals surface area contributed by atoms with Crippen LogP contribution in [0.25, 0.3) is 0 Å². The van der Waals surface area contributed by atoms with Crippen molar-refractivity contribution in [1.82, 2.24) is 5.32 Å². The predicted octanol–water partition coefficient (Wildman–Crippen LogP) is 3.88. The lowest BCUT2D eigenvalue weighted by molar-refractivity contribution is 0.601. The molecule has 21 heavy (non-hydrogen) atoms. The Morgan fingerprint density at radius 3 is 2.62 bits per heavy atom. The summed E-state index contributed by atoms with van der Waals surface area (Å²) in [5.74, 6) is 0. The highest BCUT2D eigenvalue weighted by molar-refractivity contribution is 7.93. The summed E-state index contributed by atoms with van der Waals surface area (Å²) in [7, 11) is -1.88. The number of hydrogen-bond donors (Lipinski definition) is 2. The SMILES string of the molecule is CNCc1cc(S(=O)(=O)Nc2cc(Cl)ccc2Cl)c(C)s1. The molecule has 0 bridgehead atoms. The van der Waals surface area contributed by atoms with Crippen LogP contribution in [-0.2, 0) is 16.6 Å². The highest BCUT2D eigenvalue weighted by Gasteiger charge is 2.21. The molecule has 0 aliphatic heterocycles. The fourth-order valence-electron chi connectivity index (χ4n) is 1.83. The maximum Gasteiger partial charge on any atom is 0.263 e. The van der Waals surface area contributed by atoms with Crippen LogP contribution in [0.15, 0.2) is 29.2 Å². The third-order valence-electron chi connectivity index (χ3n) is 2.74. The van der Waals surface area contributed by atoms with Crippen LogP contribution in [0.5, 0.6) is 0 Å². The van der Waals surface area contributed by atoms with Crippen molar-refractivity contribution in [3.8, 4) is 0 Å². The number of rotatable bonds is 5. The maximum atomic E-state index is 12.5. The molecular formula is C13H14Cl2N2O2S2. The summed E-state index contributed by atoms with van der Waals surface area (Å²) in [4.78, 5) is 1.94. The Balaban J connectivity index is 2.36. The Morgan fingerprint density at radius 1 is 1.24 bits per heavy atom. The van der Waals surface area contributed by atoms with E-state index in [0.717, 1.165) is 9.75 Å². The Kier molecular flexibility index (Phi) is 5.16. The molecule has 2 aromatic rings. The lowest BCUT2D eigenvalue weighted by atomic mass is 10.3. The molecule has 0 saturated carbocycles. The van der Waals surface area contributed by atoms with Gasteiger partial charge >= 0.3 is 0 Å². The molecule has 4 nitrogen and oxygen atoms in total. The molecular weight excluding hydrogens is 351 g/mol. The molecule has 0 radical (unpaired) electrons. The quantitative estimate of drug-likeness (QED) is 0.845. The van der Waals surface area contributed by atoms with E-state index in [2.05, 4.69) is 10.0 Å². The number of aryl methyl sites for hydroxylation is 1. The topological polar surface area (TPSA) is 58.2 Å². The van der Waals surface area contributed by atoms with E-state index >= 15 is 0 Å². The van der Waals surface area contributed by atoms with Crippen LogP contribution in [0.1, 0.15) is 9.75 Å². The van der Waals surface area contributed by atoms with Crippen LogP contribution in [0.4, 0.5) is 5.69 Å². The molecule has 0 fully saturated rings. The molecule has 114 valence electrons. The zero-order chi connectivity index (χ0) is 15.6. The minimum absolute atomic E-state index is 0.258. The first-order valence-electron chi connectivity index (χ1n) is 6.05. The van der Waals surface area contributed by atoms with E-state index in [0.29, 0.717) is 16.6 Å². The van der Waals surface area contributed by atoms with Crippen molar-refractivity contribution in [2.45, 2.75) is 18.4 Å². The Morgan fingerprint density at radius 2 is 1.95 bits per heavy atom. The van der Waals surface area contributed by atoms with Crippen molar-refractivity contribution < 1.29 is 8.42 Å². The zero-order valence-electron chi connectivity index (χ0n) is 11.4. The predicted molar refractivity (Wildman–Crippen MR) is 89.1 cm³/mol. The highest BCUT2D eigenvalue weighted by Crippen LogP contribution is 2.31. The van der Waals surface area contributed by atoms with Crippen molar-refractivity contribution in [1.29, 1.82) is 0 Å². The van der Waals surface area contributed by atoms with Gasteiger partial charge in [0.15, 0.2) is 0 Å². The lowest BCUT2D eigenvalue weighted by Gasteiger charge is -2.09. The summed E-state index contributed by atoms with van der Waals surface area (Å²) in [5.41, 5.74) is 0.268. The van der Waals surface area contributed by atoms with Crippen LogP contribution in [0.2, 0.25) is 10.0 Å². The average Bonchev–Trinajstić information content (AvgIpc) is 2.76. The van der Waals surface area contributed by atoms with E-state index in [-0.39, 0.29) is 10.6 Å². The molecule has 0 amide bonds. The van der Waals surface area contributed by atoms with Gasteiger partial charge < -0.3 is 5.32 Å². The third-order valence-corrected chi connectivity index (χ3v) is 5.97. The van der Waals surface area contributed by atoms with Crippen LogP contribution in [0.3, 0.4) is 0 Å². The van der Waals surface area contributed by atoms with Gasteiger partial charge in [-0.05, 0) is 38.2 Å². The van der Waals surface area contributed by atoms with Crippen LogP contribution >= 0.6 is 34.5 Å². The molecule has 0 aliphatic carbocycles. The van der Waals surface area contributed by atoms with E-state index in [1.807, 2.05) is 7.05 Å². The van der Waals surface area contributed by atoms with Gasteiger partial charge in [-0.15, -0.1) is 11.3 Å². The van der Waals surface area contributed by atoms with Crippen LogP contribution in [0, 0.1) is 6.92 Å². The number of anilines is 1. The van der Waals surface area contributed by atoms with E-state index in [1.165, 1.54) is 17.4 Å². The largest absolute Gasteiger partial charge is 0.315 e. The first-order valence-corrected chi connectivity index (χ1v) is 9.11. The fourth-order valence-corrected chi connectivity index (χ4v) is 4.94. The van der Waals surface area contributed by atoms with Gasteiger partial charge in [0.2, 0.25) is 0 Å². The highest BCUT2D eigenvalue weighted by atomic mass is 35.5. The summed E-state index contributed by atoms with van der Waals surface area (Å²) >= 11 is 13.3. The molecule has 0 atom stereocenters. The Hall–Kier alpha value is -0.790. The molecule has 2 rings (SSSR count). The van der Waals surface area contributed by atoms with E-state index < -0.39 is 10.0 Å². The standard InChI is InChI=1S/C13H14Cl2N2O2S2/c1-8-13(6-10(20-8)7-16-2)21(18,19)17-12-5-9(14)3-4-11(12)15/h3-6,16-17H,7H2,1-2H3. The molecule has 0 saturated heterocycles. The van der Waals surface area contributed by atoms with Gasteiger partial charge in [0.1, 0.15) is 4.90 Å².